The second-order valence-electron chi connectivity index (χ2n) is 6.39. The number of rotatable bonds is 2. The summed E-state index contributed by atoms with van der Waals surface area (Å²) in [4.78, 5) is 18.6. The lowest BCUT2D eigenvalue weighted by Gasteiger charge is -2.34. The molecule has 108 valence electrons. The van der Waals surface area contributed by atoms with E-state index in [1.54, 1.807) is 6.20 Å². The number of piperidine rings is 1. The van der Waals surface area contributed by atoms with Gasteiger partial charge in [-0.1, -0.05) is 12.1 Å². The highest BCUT2D eigenvalue weighted by atomic mass is 16.1. The average molecular weight is 281 g/mol. The first-order chi connectivity index (χ1) is 10.2. The van der Waals surface area contributed by atoms with Crippen LogP contribution in [-0.4, -0.2) is 24.0 Å². The summed E-state index contributed by atoms with van der Waals surface area (Å²) in [5.41, 5.74) is 8.51. The van der Waals surface area contributed by atoms with Gasteiger partial charge in [0, 0.05) is 24.7 Å². The highest BCUT2D eigenvalue weighted by Gasteiger charge is 2.44. The minimum absolute atomic E-state index is 0.388. The van der Waals surface area contributed by atoms with Crippen LogP contribution in [0.4, 0.5) is 5.69 Å². The van der Waals surface area contributed by atoms with E-state index in [1.165, 1.54) is 25.7 Å². The molecule has 2 N–H and O–H groups in total. The van der Waals surface area contributed by atoms with Crippen LogP contribution in [0.5, 0.6) is 0 Å². The smallest absolute Gasteiger partial charge is 0.253 e. The topological polar surface area (TPSA) is 59.2 Å². The maximum Gasteiger partial charge on any atom is 0.253 e. The fourth-order valence-corrected chi connectivity index (χ4v) is 3.54. The normalized spacial score (nSPS) is 19.9. The monoisotopic (exact) mass is 281 g/mol. The van der Waals surface area contributed by atoms with E-state index in [4.69, 9.17) is 5.73 Å². The molecule has 4 rings (SSSR count). The number of benzene rings is 1. The lowest BCUT2D eigenvalue weighted by Crippen LogP contribution is -2.35. The van der Waals surface area contributed by atoms with Crippen molar-refractivity contribution in [3.8, 4) is 0 Å². The van der Waals surface area contributed by atoms with Crippen LogP contribution in [0.2, 0.25) is 0 Å². The van der Waals surface area contributed by atoms with E-state index in [1.807, 2.05) is 24.3 Å². The molecule has 1 aliphatic heterocycles. The standard InChI is InChI=1S/C17H19N3O/c18-16(21)14-13(4-3-12-2-1-9-19-15(12)14)20-10-7-17(5-6-17)8-11-20/h1-4,9H,5-8,10-11H2,(H2,18,21). The summed E-state index contributed by atoms with van der Waals surface area (Å²) in [6, 6.07) is 7.90. The van der Waals surface area contributed by atoms with Crippen molar-refractivity contribution in [1.29, 1.82) is 0 Å². The first kappa shape index (κ1) is 12.6. The molecule has 0 bridgehead atoms. The Morgan fingerprint density at radius 1 is 1.14 bits per heavy atom. The van der Waals surface area contributed by atoms with Gasteiger partial charge in [-0.05, 0) is 43.2 Å². The Morgan fingerprint density at radius 2 is 1.90 bits per heavy atom. The summed E-state index contributed by atoms with van der Waals surface area (Å²) in [6.07, 6.45) is 6.93. The number of anilines is 1. The molecular weight excluding hydrogens is 262 g/mol. The molecule has 1 aromatic carbocycles. The SMILES string of the molecule is NC(=O)c1c(N2CCC3(CC2)CC3)ccc2cccnc12. The molecule has 1 aliphatic carbocycles. The average Bonchev–Trinajstić information content (AvgIpc) is 3.26. The molecule has 4 heteroatoms. The Morgan fingerprint density at radius 3 is 2.57 bits per heavy atom. The maximum absolute atomic E-state index is 12.0. The van der Waals surface area contributed by atoms with Gasteiger partial charge >= 0.3 is 0 Å². The third kappa shape index (κ3) is 2.06. The number of carbonyl (C=O) groups is 1. The van der Waals surface area contributed by atoms with Crippen molar-refractivity contribution in [3.05, 3.63) is 36.0 Å². The summed E-state index contributed by atoms with van der Waals surface area (Å²) in [7, 11) is 0. The Balaban J connectivity index is 1.77. The van der Waals surface area contributed by atoms with Gasteiger partial charge < -0.3 is 10.6 Å². The zero-order chi connectivity index (χ0) is 14.4. The molecule has 1 saturated heterocycles. The fourth-order valence-electron chi connectivity index (χ4n) is 3.54. The van der Waals surface area contributed by atoms with Gasteiger partial charge in [0.05, 0.1) is 16.8 Å². The van der Waals surface area contributed by atoms with Crippen molar-refractivity contribution >= 4 is 22.5 Å². The first-order valence-electron chi connectivity index (χ1n) is 7.61. The van der Waals surface area contributed by atoms with Gasteiger partial charge in [-0.2, -0.15) is 0 Å². The van der Waals surface area contributed by atoms with Crippen LogP contribution in [0.1, 0.15) is 36.0 Å². The summed E-state index contributed by atoms with van der Waals surface area (Å²) >= 11 is 0. The van der Waals surface area contributed by atoms with Crippen molar-refractivity contribution in [2.75, 3.05) is 18.0 Å². The molecule has 0 atom stereocenters. The van der Waals surface area contributed by atoms with Crippen LogP contribution >= 0.6 is 0 Å². The minimum atomic E-state index is -0.388. The number of aromatic nitrogens is 1. The predicted octanol–water partition coefficient (Wildman–Crippen LogP) is 2.71. The van der Waals surface area contributed by atoms with E-state index < -0.39 is 0 Å². The van der Waals surface area contributed by atoms with Crippen molar-refractivity contribution in [3.63, 3.8) is 0 Å². The molecule has 1 saturated carbocycles. The largest absolute Gasteiger partial charge is 0.371 e. The Labute approximate surface area is 124 Å². The number of primary amides is 1. The summed E-state index contributed by atoms with van der Waals surface area (Å²) < 4.78 is 0. The van der Waals surface area contributed by atoms with Crippen LogP contribution in [0.25, 0.3) is 10.9 Å². The van der Waals surface area contributed by atoms with Gasteiger partial charge in [-0.3, -0.25) is 9.78 Å². The second kappa shape index (κ2) is 4.45. The van der Waals surface area contributed by atoms with E-state index in [9.17, 15) is 4.79 Å². The molecule has 2 aromatic rings. The summed E-state index contributed by atoms with van der Waals surface area (Å²) in [6.45, 7) is 2.03. The van der Waals surface area contributed by atoms with E-state index in [2.05, 4.69) is 9.88 Å². The van der Waals surface area contributed by atoms with E-state index in [-0.39, 0.29) is 5.91 Å². The van der Waals surface area contributed by atoms with Crippen molar-refractivity contribution in [2.45, 2.75) is 25.7 Å². The first-order valence-corrected chi connectivity index (χ1v) is 7.61. The molecule has 4 nitrogen and oxygen atoms in total. The van der Waals surface area contributed by atoms with E-state index >= 15 is 0 Å². The van der Waals surface area contributed by atoms with Gasteiger partial charge in [0.15, 0.2) is 0 Å². The molecule has 1 aromatic heterocycles. The molecular formula is C17H19N3O. The van der Waals surface area contributed by atoms with Crippen LogP contribution in [0.15, 0.2) is 30.5 Å². The number of pyridine rings is 1. The van der Waals surface area contributed by atoms with Crippen LogP contribution < -0.4 is 10.6 Å². The van der Waals surface area contributed by atoms with E-state index in [0.29, 0.717) is 16.5 Å². The minimum Gasteiger partial charge on any atom is -0.371 e. The number of carbonyl (C=O) groups excluding carboxylic acids is 1. The van der Waals surface area contributed by atoms with Crippen LogP contribution in [0.3, 0.4) is 0 Å². The molecule has 2 heterocycles. The van der Waals surface area contributed by atoms with Gasteiger partial charge in [0.2, 0.25) is 0 Å². The van der Waals surface area contributed by atoms with Crippen molar-refractivity contribution in [1.82, 2.24) is 4.98 Å². The molecule has 21 heavy (non-hydrogen) atoms. The zero-order valence-corrected chi connectivity index (χ0v) is 12.0. The van der Waals surface area contributed by atoms with Gasteiger partial charge in [-0.25, -0.2) is 0 Å². The molecule has 2 fully saturated rings. The number of hydrogen-bond donors (Lipinski definition) is 1. The Kier molecular flexibility index (Phi) is 2.67. The summed E-state index contributed by atoms with van der Waals surface area (Å²) in [5.74, 6) is -0.388. The Hall–Kier alpha value is -2.10. The molecule has 0 unspecified atom stereocenters. The third-order valence-electron chi connectivity index (χ3n) is 5.12. The molecule has 1 amide bonds. The van der Waals surface area contributed by atoms with Crippen molar-refractivity contribution < 1.29 is 4.79 Å². The predicted molar refractivity (Wildman–Crippen MR) is 83.4 cm³/mol. The fraction of sp³-hybridized carbons (Fsp3) is 0.412. The van der Waals surface area contributed by atoms with Crippen molar-refractivity contribution in [2.24, 2.45) is 11.1 Å². The van der Waals surface area contributed by atoms with Gasteiger partial charge in [0.25, 0.3) is 5.91 Å². The highest BCUT2D eigenvalue weighted by molar-refractivity contribution is 6.09. The quantitative estimate of drug-likeness (QED) is 0.920. The maximum atomic E-state index is 12.0. The number of nitrogens with zero attached hydrogens (tertiary/aromatic N) is 2. The van der Waals surface area contributed by atoms with Gasteiger partial charge in [0.1, 0.15) is 0 Å². The number of nitrogens with two attached hydrogens (primary N) is 1. The lowest BCUT2D eigenvalue weighted by molar-refractivity contribution is 0.100. The lowest BCUT2D eigenvalue weighted by atomic mass is 9.92. The highest BCUT2D eigenvalue weighted by Crippen LogP contribution is 2.54. The molecule has 1 spiro atoms. The van der Waals surface area contributed by atoms with Gasteiger partial charge in [-0.15, -0.1) is 0 Å². The Bertz CT molecular complexity index is 711. The number of hydrogen-bond acceptors (Lipinski definition) is 3. The number of amides is 1. The third-order valence-corrected chi connectivity index (χ3v) is 5.12. The van der Waals surface area contributed by atoms with Crippen LogP contribution in [-0.2, 0) is 0 Å². The summed E-state index contributed by atoms with van der Waals surface area (Å²) in [5, 5.41) is 0.964. The van der Waals surface area contributed by atoms with E-state index in [0.717, 1.165) is 24.2 Å². The molecule has 0 radical (unpaired) electrons. The molecule has 2 aliphatic rings. The van der Waals surface area contributed by atoms with Crippen LogP contribution in [0, 0.1) is 5.41 Å². The second-order valence-corrected chi connectivity index (χ2v) is 6.39. The zero-order valence-electron chi connectivity index (χ0n) is 12.0. The number of fused-ring (bicyclic) bond motifs is 1.